The van der Waals surface area contributed by atoms with Crippen LogP contribution >= 0.6 is 0 Å². The summed E-state index contributed by atoms with van der Waals surface area (Å²) in [4.78, 5) is 14.0. The molecule has 0 aliphatic heterocycles. The second-order valence-electron chi connectivity index (χ2n) is 4.52. The number of aromatic nitrogens is 1. The highest BCUT2D eigenvalue weighted by Crippen LogP contribution is 2.09. The lowest BCUT2D eigenvalue weighted by Gasteiger charge is -2.03. The molecular weight excluding hydrogens is 186 g/mol. The van der Waals surface area contributed by atoms with E-state index < -0.39 is 0 Å². The summed E-state index contributed by atoms with van der Waals surface area (Å²) in [6, 6.07) is 3.81. The molecular formula is C13H21NO. The Balaban J connectivity index is 2.21. The Bertz CT molecular complexity index is 327. The van der Waals surface area contributed by atoms with Crippen LogP contribution in [-0.2, 0) is 6.42 Å². The highest BCUT2D eigenvalue weighted by Gasteiger charge is 1.98. The molecule has 1 aromatic heterocycles. The summed E-state index contributed by atoms with van der Waals surface area (Å²) >= 11 is 0. The maximum absolute atomic E-state index is 11.3. The quantitative estimate of drug-likeness (QED) is 0.714. The second kappa shape index (κ2) is 6.44. The fourth-order valence-electron chi connectivity index (χ4n) is 1.70. The number of nitrogens with one attached hydrogen (secondary N) is 1. The maximum atomic E-state index is 11.3. The van der Waals surface area contributed by atoms with Gasteiger partial charge in [-0.2, -0.15) is 0 Å². The summed E-state index contributed by atoms with van der Waals surface area (Å²) in [6.45, 7) is 4.50. The minimum Gasteiger partial charge on any atom is -0.329 e. The van der Waals surface area contributed by atoms with E-state index in [-0.39, 0.29) is 5.56 Å². The van der Waals surface area contributed by atoms with Gasteiger partial charge in [-0.15, -0.1) is 0 Å². The molecule has 2 heteroatoms. The van der Waals surface area contributed by atoms with Gasteiger partial charge in [-0.3, -0.25) is 4.79 Å². The van der Waals surface area contributed by atoms with Gasteiger partial charge >= 0.3 is 0 Å². The van der Waals surface area contributed by atoms with Crippen LogP contribution in [0.25, 0.3) is 0 Å². The number of aromatic amines is 1. The van der Waals surface area contributed by atoms with Crippen molar-refractivity contribution in [3.05, 3.63) is 34.2 Å². The first kappa shape index (κ1) is 12.0. The van der Waals surface area contributed by atoms with Crippen LogP contribution in [0.3, 0.4) is 0 Å². The number of hydrogen-bond donors (Lipinski definition) is 1. The Hall–Kier alpha value is -1.05. The molecule has 1 heterocycles. The molecule has 1 aromatic rings. The van der Waals surface area contributed by atoms with Crippen LogP contribution in [0.4, 0.5) is 0 Å². The van der Waals surface area contributed by atoms with E-state index in [1.54, 1.807) is 6.20 Å². The molecule has 84 valence electrons. The number of rotatable bonds is 6. The van der Waals surface area contributed by atoms with Crippen LogP contribution in [0.15, 0.2) is 23.1 Å². The monoisotopic (exact) mass is 207 g/mol. The van der Waals surface area contributed by atoms with Gasteiger partial charge in [0.1, 0.15) is 0 Å². The van der Waals surface area contributed by atoms with Gasteiger partial charge < -0.3 is 4.98 Å². The van der Waals surface area contributed by atoms with Gasteiger partial charge in [-0.05, 0) is 24.8 Å². The van der Waals surface area contributed by atoms with Crippen LogP contribution in [0, 0.1) is 5.92 Å². The molecule has 0 aliphatic rings. The van der Waals surface area contributed by atoms with Gasteiger partial charge in [-0.25, -0.2) is 0 Å². The third kappa shape index (κ3) is 4.82. The first-order valence-corrected chi connectivity index (χ1v) is 5.86. The predicted molar refractivity (Wildman–Crippen MR) is 64.1 cm³/mol. The third-order valence-electron chi connectivity index (χ3n) is 2.63. The maximum Gasteiger partial charge on any atom is 0.251 e. The molecule has 0 atom stereocenters. The molecule has 0 radical (unpaired) electrons. The number of unbranched alkanes of at least 4 members (excludes halogenated alkanes) is 2. The van der Waals surface area contributed by atoms with Crippen molar-refractivity contribution in [3.63, 3.8) is 0 Å². The zero-order chi connectivity index (χ0) is 11.1. The summed E-state index contributed by atoms with van der Waals surface area (Å²) in [7, 11) is 0. The predicted octanol–water partition coefficient (Wildman–Crippen LogP) is 3.13. The largest absolute Gasteiger partial charge is 0.329 e. The van der Waals surface area contributed by atoms with Crippen LogP contribution in [0.5, 0.6) is 0 Å². The van der Waals surface area contributed by atoms with E-state index in [9.17, 15) is 4.79 Å². The number of aryl methyl sites for hydroxylation is 1. The van der Waals surface area contributed by atoms with Crippen molar-refractivity contribution >= 4 is 0 Å². The molecule has 0 saturated carbocycles. The Morgan fingerprint density at radius 1 is 1.27 bits per heavy atom. The lowest BCUT2D eigenvalue weighted by atomic mass is 10.0. The highest BCUT2D eigenvalue weighted by molar-refractivity contribution is 5.08. The minimum absolute atomic E-state index is 0.0707. The van der Waals surface area contributed by atoms with E-state index in [2.05, 4.69) is 18.8 Å². The Kier molecular flexibility index (Phi) is 5.16. The molecule has 0 fully saturated rings. The molecule has 0 aromatic carbocycles. The van der Waals surface area contributed by atoms with Crippen LogP contribution in [0.1, 0.15) is 45.1 Å². The second-order valence-corrected chi connectivity index (χ2v) is 4.52. The highest BCUT2D eigenvalue weighted by atomic mass is 16.1. The summed E-state index contributed by atoms with van der Waals surface area (Å²) in [5, 5.41) is 0. The standard InChI is InChI=1S/C13H21NO/c1-11(2)7-4-3-5-8-12-9-6-10-14-13(12)15/h6,9-11H,3-5,7-8H2,1-2H3,(H,14,15). The fourth-order valence-corrected chi connectivity index (χ4v) is 1.70. The van der Waals surface area contributed by atoms with Gasteiger partial charge in [0.15, 0.2) is 0 Å². The molecule has 2 nitrogen and oxygen atoms in total. The van der Waals surface area contributed by atoms with Gasteiger partial charge in [0.25, 0.3) is 5.56 Å². The third-order valence-corrected chi connectivity index (χ3v) is 2.63. The molecule has 0 bridgehead atoms. The van der Waals surface area contributed by atoms with Crippen LogP contribution in [0.2, 0.25) is 0 Å². The molecule has 0 spiro atoms. The van der Waals surface area contributed by atoms with Gasteiger partial charge in [0.05, 0.1) is 0 Å². The van der Waals surface area contributed by atoms with E-state index in [0.717, 1.165) is 24.3 Å². The van der Waals surface area contributed by atoms with Crippen molar-refractivity contribution in [2.24, 2.45) is 5.92 Å². The topological polar surface area (TPSA) is 32.9 Å². The van der Waals surface area contributed by atoms with Gasteiger partial charge in [0, 0.05) is 11.8 Å². The first-order chi connectivity index (χ1) is 7.20. The molecule has 1 N–H and O–H groups in total. The first-order valence-electron chi connectivity index (χ1n) is 5.86. The van der Waals surface area contributed by atoms with Crippen molar-refractivity contribution in [2.75, 3.05) is 0 Å². The SMILES string of the molecule is CC(C)CCCCCc1ccc[nH]c1=O. The van der Waals surface area contributed by atoms with Crippen molar-refractivity contribution in [2.45, 2.75) is 46.0 Å². The Morgan fingerprint density at radius 3 is 2.73 bits per heavy atom. The fraction of sp³-hybridized carbons (Fsp3) is 0.615. The zero-order valence-corrected chi connectivity index (χ0v) is 9.75. The number of H-pyrrole nitrogens is 1. The lowest BCUT2D eigenvalue weighted by molar-refractivity contribution is 0.527. The smallest absolute Gasteiger partial charge is 0.251 e. The normalized spacial score (nSPS) is 10.9. The average molecular weight is 207 g/mol. The minimum atomic E-state index is 0.0707. The van der Waals surface area contributed by atoms with Gasteiger partial charge in [0.2, 0.25) is 0 Å². The molecule has 0 unspecified atom stereocenters. The average Bonchev–Trinajstić information content (AvgIpc) is 2.20. The zero-order valence-electron chi connectivity index (χ0n) is 9.75. The summed E-state index contributed by atoms with van der Waals surface area (Å²) in [5.74, 6) is 0.796. The van der Waals surface area contributed by atoms with Crippen LogP contribution < -0.4 is 5.56 Å². The van der Waals surface area contributed by atoms with E-state index in [0.29, 0.717) is 0 Å². The van der Waals surface area contributed by atoms with E-state index in [1.165, 1.54) is 19.3 Å². The van der Waals surface area contributed by atoms with E-state index in [4.69, 9.17) is 0 Å². The van der Waals surface area contributed by atoms with Crippen molar-refractivity contribution < 1.29 is 0 Å². The summed E-state index contributed by atoms with van der Waals surface area (Å²) in [5.41, 5.74) is 0.989. The van der Waals surface area contributed by atoms with E-state index >= 15 is 0 Å². The van der Waals surface area contributed by atoms with Gasteiger partial charge in [-0.1, -0.05) is 39.2 Å². The van der Waals surface area contributed by atoms with Crippen molar-refractivity contribution in [3.8, 4) is 0 Å². The molecule has 1 rings (SSSR count). The van der Waals surface area contributed by atoms with Crippen LogP contribution in [-0.4, -0.2) is 4.98 Å². The van der Waals surface area contributed by atoms with E-state index in [1.807, 2.05) is 12.1 Å². The molecule has 0 aliphatic carbocycles. The lowest BCUT2D eigenvalue weighted by Crippen LogP contribution is -2.10. The van der Waals surface area contributed by atoms with Crippen molar-refractivity contribution in [1.82, 2.24) is 4.98 Å². The summed E-state index contributed by atoms with van der Waals surface area (Å²) < 4.78 is 0. The number of pyridine rings is 1. The Labute approximate surface area is 91.7 Å². The molecule has 15 heavy (non-hydrogen) atoms. The molecule has 0 amide bonds. The number of hydrogen-bond acceptors (Lipinski definition) is 1. The molecule has 0 saturated heterocycles. The van der Waals surface area contributed by atoms with Crippen molar-refractivity contribution in [1.29, 1.82) is 0 Å². The summed E-state index contributed by atoms with van der Waals surface area (Å²) in [6.07, 6.45) is 7.53. The Morgan fingerprint density at radius 2 is 2.07 bits per heavy atom.